The molecule has 0 saturated heterocycles. The van der Waals surface area contributed by atoms with E-state index in [0.717, 1.165) is 17.5 Å². The van der Waals surface area contributed by atoms with Gasteiger partial charge in [0, 0.05) is 19.2 Å². The van der Waals surface area contributed by atoms with Crippen LogP contribution in [-0.4, -0.2) is 23.1 Å². The maximum absolute atomic E-state index is 4.48. The van der Waals surface area contributed by atoms with E-state index in [0.29, 0.717) is 11.5 Å². The van der Waals surface area contributed by atoms with Crippen LogP contribution in [0.2, 0.25) is 0 Å². The Hall–Kier alpha value is -1.32. The molecule has 1 fully saturated rings. The summed E-state index contributed by atoms with van der Waals surface area (Å²) in [7, 11) is 1.89. The minimum Gasteiger partial charge on any atom is -0.373 e. The lowest BCUT2D eigenvalue weighted by molar-refractivity contribution is 0.216. The zero-order valence-corrected chi connectivity index (χ0v) is 11.9. The molecule has 1 saturated carbocycles. The van der Waals surface area contributed by atoms with E-state index in [-0.39, 0.29) is 0 Å². The van der Waals surface area contributed by atoms with Crippen molar-refractivity contribution in [3.8, 4) is 0 Å². The van der Waals surface area contributed by atoms with Crippen LogP contribution in [0.25, 0.3) is 0 Å². The Morgan fingerprint density at radius 1 is 1.22 bits per heavy atom. The number of aromatic nitrogens is 2. The average Bonchev–Trinajstić information content (AvgIpc) is 2.31. The Bertz CT molecular complexity index is 414. The molecule has 100 valence electrons. The van der Waals surface area contributed by atoms with Gasteiger partial charge in [-0.2, -0.15) is 0 Å². The lowest BCUT2D eigenvalue weighted by Gasteiger charge is -2.39. The first-order valence-corrected chi connectivity index (χ1v) is 6.81. The smallest absolute Gasteiger partial charge is 0.132 e. The van der Waals surface area contributed by atoms with Crippen LogP contribution < -0.4 is 10.6 Å². The lowest BCUT2D eigenvalue weighted by Crippen LogP contribution is -2.39. The summed E-state index contributed by atoms with van der Waals surface area (Å²) in [5.41, 5.74) is 0.344. The summed E-state index contributed by atoms with van der Waals surface area (Å²) < 4.78 is 0. The van der Waals surface area contributed by atoms with Crippen molar-refractivity contribution in [2.45, 2.75) is 52.5 Å². The molecule has 0 bridgehead atoms. The molecule has 1 atom stereocenters. The summed E-state index contributed by atoms with van der Waals surface area (Å²) in [6, 6.07) is 2.49. The number of anilines is 2. The maximum Gasteiger partial charge on any atom is 0.132 e. The van der Waals surface area contributed by atoms with Crippen molar-refractivity contribution in [1.82, 2.24) is 9.97 Å². The number of nitrogens with one attached hydrogen (secondary N) is 2. The molecule has 0 aromatic carbocycles. The summed E-state index contributed by atoms with van der Waals surface area (Å²) in [5.74, 6) is 2.61. The monoisotopic (exact) mass is 248 g/mol. The van der Waals surface area contributed by atoms with Gasteiger partial charge >= 0.3 is 0 Å². The average molecular weight is 248 g/mol. The zero-order chi connectivity index (χ0) is 13.2. The van der Waals surface area contributed by atoms with Gasteiger partial charge in [-0.3, -0.25) is 0 Å². The first kappa shape index (κ1) is 13.1. The molecule has 2 rings (SSSR count). The Balaban J connectivity index is 2.15. The highest BCUT2D eigenvalue weighted by Crippen LogP contribution is 2.37. The second-order valence-electron chi connectivity index (χ2n) is 5.87. The molecule has 1 aliphatic carbocycles. The first-order chi connectivity index (χ1) is 8.51. The van der Waals surface area contributed by atoms with Gasteiger partial charge in [-0.1, -0.05) is 26.7 Å². The predicted octanol–water partition coefficient (Wildman–Crippen LogP) is 3.21. The predicted molar refractivity (Wildman–Crippen MR) is 76.0 cm³/mol. The van der Waals surface area contributed by atoms with Crippen molar-refractivity contribution in [2.24, 2.45) is 5.41 Å². The Kier molecular flexibility index (Phi) is 3.73. The fourth-order valence-electron chi connectivity index (χ4n) is 2.71. The molecule has 0 amide bonds. The van der Waals surface area contributed by atoms with E-state index in [1.54, 1.807) is 0 Å². The number of hydrogen-bond acceptors (Lipinski definition) is 4. The maximum atomic E-state index is 4.48. The number of nitrogens with zero attached hydrogens (tertiary/aromatic N) is 2. The molecular weight excluding hydrogens is 224 g/mol. The van der Waals surface area contributed by atoms with Gasteiger partial charge in [0.25, 0.3) is 0 Å². The highest BCUT2D eigenvalue weighted by atomic mass is 15.1. The topological polar surface area (TPSA) is 49.8 Å². The van der Waals surface area contributed by atoms with E-state index in [4.69, 9.17) is 0 Å². The molecule has 1 unspecified atom stereocenters. The normalized spacial score (nSPS) is 22.6. The van der Waals surface area contributed by atoms with E-state index in [1.807, 2.05) is 20.0 Å². The highest BCUT2D eigenvalue weighted by molar-refractivity contribution is 5.47. The largest absolute Gasteiger partial charge is 0.373 e. The van der Waals surface area contributed by atoms with Crippen molar-refractivity contribution in [2.75, 3.05) is 17.7 Å². The molecular formula is C14H24N4. The number of rotatable bonds is 3. The molecule has 0 spiro atoms. The number of hydrogen-bond donors (Lipinski definition) is 2. The van der Waals surface area contributed by atoms with Crippen LogP contribution in [-0.2, 0) is 0 Å². The quantitative estimate of drug-likeness (QED) is 0.862. The zero-order valence-electron chi connectivity index (χ0n) is 11.9. The first-order valence-electron chi connectivity index (χ1n) is 6.81. The minimum absolute atomic E-state index is 0.344. The third-order valence-electron chi connectivity index (χ3n) is 3.92. The van der Waals surface area contributed by atoms with Crippen LogP contribution in [0.1, 0.15) is 45.4 Å². The molecule has 2 N–H and O–H groups in total. The molecule has 18 heavy (non-hydrogen) atoms. The standard InChI is InChI=1S/C14H24N4/c1-10-16-12(15-4)9-13(17-10)18-11-7-5-6-8-14(11,2)3/h9,11H,5-8H2,1-4H3,(H2,15,16,17,18). The number of aryl methyl sites for hydroxylation is 1. The van der Waals surface area contributed by atoms with Crippen molar-refractivity contribution < 1.29 is 0 Å². The van der Waals surface area contributed by atoms with Gasteiger partial charge in [0.05, 0.1) is 0 Å². The molecule has 1 aromatic heterocycles. The summed E-state index contributed by atoms with van der Waals surface area (Å²) >= 11 is 0. The Morgan fingerprint density at radius 3 is 2.61 bits per heavy atom. The van der Waals surface area contributed by atoms with E-state index in [2.05, 4.69) is 34.4 Å². The summed E-state index contributed by atoms with van der Waals surface area (Å²) in [4.78, 5) is 8.80. The Morgan fingerprint density at radius 2 is 1.94 bits per heavy atom. The molecule has 0 aliphatic heterocycles. The van der Waals surface area contributed by atoms with Crippen LogP contribution in [0.3, 0.4) is 0 Å². The van der Waals surface area contributed by atoms with Crippen LogP contribution in [0.4, 0.5) is 11.6 Å². The van der Waals surface area contributed by atoms with Crippen molar-refractivity contribution in [1.29, 1.82) is 0 Å². The second-order valence-corrected chi connectivity index (χ2v) is 5.87. The third kappa shape index (κ3) is 2.92. The molecule has 1 aromatic rings. The lowest BCUT2D eigenvalue weighted by atomic mass is 9.73. The van der Waals surface area contributed by atoms with Gasteiger partial charge in [0.2, 0.25) is 0 Å². The fourth-order valence-corrected chi connectivity index (χ4v) is 2.71. The van der Waals surface area contributed by atoms with E-state index in [9.17, 15) is 0 Å². The van der Waals surface area contributed by atoms with Gasteiger partial charge < -0.3 is 10.6 Å². The van der Waals surface area contributed by atoms with Gasteiger partial charge in [0.15, 0.2) is 0 Å². The molecule has 4 nitrogen and oxygen atoms in total. The van der Waals surface area contributed by atoms with E-state index < -0.39 is 0 Å². The SMILES string of the molecule is CNc1cc(NC2CCCCC2(C)C)nc(C)n1. The van der Waals surface area contributed by atoms with E-state index in [1.165, 1.54) is 25.7 Å². The van der Waals surface area contributed by atoms with Crippen LogP contribution in [0, 0.1) is 12.3 Å². The van der Waals surface area contributed by atoms with Crippen molar-refractivity contribution >= 4 is 11.6 Å². The molecule has 1 aliphatic rings. The van der Waals surface area contributed by atoms with Gasteiger partial charge in [-0.05, 0) is 25.2 Å². The molecule has 0 radical (unpaired) electrons. The van der Waals surface area contributed by atoms with E-state index >= 15 is 0 Å². The van der Waals surface area contributed by atoms with Crippen LogP contribution in [0.15, 0.2) is 6.07 Å². The van der Waals surface area contributed by atoms with Crippen LogP contribution in [0.5, 0.6) is 0 Å². The molecule has 4 heteroatoms. The summed E-state index contributed by atoms with van der Waals surface area (Å²) in [6.45, 7) is 6.62. The summed E-state index contributed by atoms with van der Waals surface area (Å²) in [5, 5.41) is 6.67. The second kappa shape index (κ2) is 5.12. The van der Waals surface area contributed by atoms with Gasteiger partial charge in [-0.25, -0.2) is 9.97 Å². The molecule has 1 heterocycles. The highest BCUT2D eigenvalue weighted by Gasteiger charge is 2.32. The van der Waals surface area contributed by atoms with Gasteiger partial charge in [0.1, 0.15) is 17.5 Å². The minimum atomic E-state index is 0.344. The third-order valence-corrected chi connectivity index (χ3v) is 3.92. The van der Waals surface area contributed by atoms with Crippen molar-refractivity contribution in [3.05, 3.63) is 11.9 Å². The van der Waals surface area contributed by atoms with Crippen LogP contribution >= 0.6 is 0 Å². The fraction of sp³-hybridized carbons (Fsp3) is 0.714. The van der Waals surface area contributed by atoms with Gasteiger partial charge in [-0.15, -0.1) is 0 Å². The van der Waals surface area contributed by atoms with Crippen molar-refractivity contribution in [3.63, 3.8) is 0 Å². The summed E-state index contributed by atoms with van der Waals surface area (Å²) in [6.07, 6.45) is 5.17. The Labute approximate surface area is 110 Å².